The zero-order valence-electron chi connectivity index (χ0n) is 84.0. The van der Waals surface area contributed by atoms with Crippen molar-refractivity contribution in [3.05, 3.63) is 96.0 Å². The van der Waals surface area contributed by atoms with Gasteiger partial charge in [-0.2, -0.15) is 0 Å². The van der Waals surface area contributed by atoms with E-state index in [2.05, 4.69) is 115 Å². The number of fused-ring (bicyclic) bond motifs is 2. The number of aromatic amines is 3. The highest BCUT2D eigenvalue weighted by Gasteiger charge is 2.45. The number of aromatic nitrogens is 7. The van der Waals surface area contributed by atoms with Crippen LogP contribution in [0.5, 0.6) is 0 Å². The fourth-order valence-electron chi connectivity index (χ4n) is 16.7. The lowest BCUT2D eigenvalue weighted by atomic mass is 10.0. The van der Waals surface area contributed by atoms with Crippen molar-refractivity contribution < 1.29 is 121 Å². The highest BCUT2D eigenvalue weighted by atomic mass is 16.5. The number of guanidine groups is 1. The molecule has 0 radical (unpaired) electrons. The van der Waals surface area contributed by atoms with Gasteiger partial charge in [0.05, 0.1) is 70.7 Å². The molecule has 0 spiro atoms. The van der Waals surface area contributed by atoms with Gasteiger partial charge in [0.2, 0.25) is 100 Å². The Hall–Kier alpha value is -14.7. The average molecular weight is 2090 g/mol. The zero-order valence-corrected chi connectivity index (χ0v) is 84.0. The first kappa shape index (κ1) is 121. The number of aliphatic carboxylic acids is 2. The van der Waals surface area contributed by atoms with Crippen molar-refractivity contribution in [2.45, 2.75) is 279 Å². The van der Waals surface area contributed by atoms with Crippen molar-refractivity contribution in [1.82, 2.24) is 125 Å². The smallest absolute Gasteiger partial charge is 0.317 e. The Kier molecular flexibility index (Phi) is 54.7. The van der Waals surface area contributed by atoms with Crippen LogP contribution in [-0.2, 0) is 126 Å². The third kappa shape index (κ3) is 46.9. The Bertz CT molecular complexity index is 5140. The van der Waals surface area contributed by atoms with E-state index >= 15 is 24.0 Å². The van der Waals surface area contributed by atoms with Gasteiger partial charge >= 0.3 is 11.9 Å². The number of rotatable bonds is 63. The summed E-state index contributed by atoms with van der Waals surface area (Å²) in [6.07, 6.45) is 15.2. The van der Waals surface area contributed by atoms with Crippen molar-refractivity contribution in [2.24, 2.45) is 17.2 Å². The molecular formula is C96H146N28O25. The van der Waals surface area contributed by atoms with Crippen molar-refractivity contribution in [2.75, 3.05) is 91.9 Å². The number of hydrogen-bond donors (Lipinski definition) is 26. The second kappa shape index (κ2) is 67.2. The minimum atomic E-state index is -2.06. The fraction of sp³-hybridized carbons (Fsp3) is 0.604. The SMILES string of the molecule is CCCC[C@H](NC(=O)[C@H](CNC(=O)[C@H](Cc1c[nH]cn1)NC(=O)[C@H](CCC(N)=O)NC(=O)[C@H](CO)NC(=O)CNC(=O)COCCOCCNC(=O)CCCCCCCCCCCCCCCc1nnn[nH]1)NC(=O)CN(CC(=O)O)CC(=O)O)C(=O)N[C@H]1CCC(=O)NCCCC[C@@H](C(N)=O)NC(=O)[C@H](Cc2c[nH]c3ccccc23)NC(=O)[C@H](CCCNC(=N)N)NC(=O)[C@@H](Cc2ccccc2)NC(=O)[C@@H]2C[C@@H](O)CN2C1=O. The first-order valence-electron chi connectivity index (χ1n) is 50.5. The summed E-state index contributed by atoms with van der Waals surface area (Å²) in [5, 5.41) is 102. The molecule has 2 saturated heterocycles. The molecule has 149 heavy (non-hydrogen) atoms. The van der Waals surface area contributed by atoms with E-state index in [1.807, 2.05) is 0 Å². The maximum atomic E-state index is 15.5. The van der Waals surface area contributed by atoms with Crippen LogP contribution in [0.4, 0.5) is 0 Å². The molecule has 17 amide bonds. The molecule has 29 N–H and O–H groups in total. The van der Waals surface area contributed by atoms with E-state index in [0.29, 0.717) is 39.8 Å². The number of ether oxygens (including phenoxy) is 2. The van der Waals surface area contributed by atoms with E-state index in [1.165, 1.54) is 63.9 Å². The molecule has 820 valence electrons. The lowest BCUT2D eigenvalue weighted by molar-refractivity contribution is -0.143. The monoisotopic (exact) mass is 2090 g/mol. The molecule has 0 saturated carbocycles. The van der Waals surface area contributed by atoms with Crippen molar-refractivity contribution in [3.8, 4) is 0 Å². The number of aliphatic hydroxyl groups is 2. The molecule has 2 fully saturated rings. The van der Waals surface area contributed by atoms with Gasteiger partial charge in [-0.05, 0) is 91.8 Å². The molecule has 2 aliphatic rings. The summed E-state index contributed by atoms with van der Waals surface area (Å²) in [6, 6.07) is -3.24. The molecule has 5 aromatic rings. The Morgan fingerprint density at radius 1 is 0.584 bits per heavy atom. The predicted molar refractivity (Wildman–Crippen MR) is 534 cm³/mol. The number of tetrazole rings is 1. The van der Waals surface area contributed by atoms with Gasteiger partial charge in [-0.25, -0.2) is 10.1 Å². The van der Waals surface area contributed by atoms with Crippen molar-refractivity contribution >= 4 is 129 Å². The topological polar surface area (TPSA) is 811 Å². The molecule has 5 heterocycles. The van der Waals surface area contributed by atoms with Crippen molar-refractivity contribution in [1.29, 1.82) is 5.41 Å². The van der Waals surface area contributed by atoms with Crippen LogP contribution in [0.25, 0.3) is 10.9 Å². The van der Waals surface area contributed by atoms with E-state index in [1.54, 1.807) is 67.7 Å². The van der Waals surface area contributed by atoms with Crippen LogP contribution in [0.3, 0.4) is 0 Å². The molecule has 0 bridgehead atoms. The number of amides is 17. The normalized spacial score (nSPS) is 18.1. The molecule has 0 aliphatic carbocycles. The molecular weight excluding hydrogens is 1950 g/mol. The predicted octanol–water partition coefficient (Wildman–Crippen LogP) is -4.92. The number of carbonyl (C=O) groups is 19. The van der Waals surface area contributed by atoms with Crippen LogP contribution >= 0.6 is 0 Å². The molecule has 0 unspecified atom stereocenters. The van der Waals surface area contributed by atoms with Gasteiger partial charge in [0.15, 0.2) is 5.96 Å². The number of primary amides is 2. The minimum absolute atomic E-state index is 0.0162. The molecule has 7 rings (SSSR count). The Balaban J connectivity index is 1.02. The van der Waals surface area contributed by atoms with Crippen LogP contribution in [0, 0.1) is 5.41 Å². The summed E-state index contributed by atoms with van der Waals surface area (Å²) < 4.78 is 10.8. The minimum Gasteiger partial charge on any atom is -0.480 e. The number of carbonyl (C=O) groups excluding carboxylic acids is 17. The van der Waals surface area contributed by atoms with Gasteiger partial charge in [-0.1, -0.05) is 139 Å². The average Bonchev–Trinajstić information content (AvgIpc) is 1.67. The van der Waals surface area contributed by atoms with E-state index in [9.17, 15) is 87.5 Å². The second-order valence-electron chi connectivity index (χ2n) is 36.7. The summed E-state index contributed by atoms with van der Waals surface area (Å²) in [5.74, 6) is -19.4. The fourth-order valence-corrected chi connectivity index (χ4v) is 16.7. The molecule has 2 aliphatic heterocycles. The maximum absolute atomic E-state index is 15.5. The van der Waals surface area contributed by atoms with Gasteiger partial charge < -0.3 is 142 Å². The third-order valence-electron chi connectivity index (χ3n) is 24.6. The number of imidazole rings is 1. The van der Waals surface area contributed by atoms with Gasteiger partial charge in [-0.3, -0.25) is 101 Å². The molecule has 2 aromatic carbocycles. The Morgan fingerprint density at radius 2 is 1.21 bits per heavy atom. The number of hydrogen-bond acceptors (Lipinski definition) is 29. The number of H-pyrrole nitrogens is 3. The number of aliphatic hydroxyl groups excluding tert-OH is 2. The number of nitrogens with one attached hydrogen (secondary N) is 19. The Morgan fingerprint density at radius 3 is 1.87 bits per heavy atom. The van der Waals surface area contributed by atoms with Gasteiger partial charge in [0.1, 0.15) is 78.9 Å². The number of benzene rings is 2. The molecule has 3 aromatic heterocycles. The first-order valence-corrected chi connectivity index (χ1v) is 50.5. The van der Waals surface area contributed by atoms with Gasteiger partial charge in [0.25, 0.3) is 0 Å². The zero-order chi connectivity index (χ0) is 108. The molecule has 12 atom stereocenters. The summed E-state index contributed by atoms with van der Waals surface area (Å²) in [4.78, 5) is 276. The number of unbranched alkanes of at least 4 members (excludes halogenated alkanes) is 13. The molecule has 53 nitrogen and oxygen atoms in total. The van der Waals surface area contributed by atoms with Crippen LogP contribution in [-0.4, -0.2) is 349 Å². The second-order valence-corrected chi connectivity index (χ2v) is 36.7. The van der Waals surface area contributed by atoms with Crippen LogP contribution < -0.4 is 97.0 Å². The summed E-state index contributed by atoms with van der Waals surface area (Å²) >= 11 is 0. The number of nitrogens with two attached hydrogens (primary N) is 3. The van der Waals surface area contributed by atoms with E-state index < -0.39 is 276 Å². The summed E-state index contributed by atoms with van der Waals surface area (Å²) in [5.41, 5.74) is 18.8. The summed E-state index contributed by atoms with van der Waals surface area (Å²) in [6.45, 7) is -5.00. The third-order valence-corrected chi connectivity index (χ3v) is 24.6. The standard InChI is InChI=1S/C96H146N28O25/c1-2-3-28-66(87(139)115-69-35-37-79(129)102-38-23-22-30-65(85(98)137)111-91(143)71(45-60-48-105-64-29-21-20-27-63(60)64)116-88(140)67(31-24-39-104-96(99)100)112-90(142)70(44-59-25-16-15-17-26-59)118-94(146)75-47-62(126)52-124(75)95(69)147)113-92(144)73(109-81(131)53-123(54-83(133)134)55-84(135)136)50-107-86(138)72(46-61-49-101-58-108-61)117-89(141)68(34-36-76(97)127)114-93(145)74(56-125)110-80(130)51-106-82(132)57-149-43-42-148-41-40-103-78(128)33-19-14-12-10-8-6-4-5-7-9-11-13-18-32-77-119-121-122-120-77/h15-17,20-21,25-27,29,48-49,58,62,65-75,105,125-126H,2-14,18-19,22-24,28,30-47,50-57H2,1H3,(H2,97,127)(H2,98,137)(H,101,108)(H,102,129)(H,103,128)(H,106,132)(H,107,138)(H,109,131)(H,110,130)(H,111,143)(H,112,142)(H,113,144)(H,114,145)(H,115,139)(H,116,140)(H,117,141)(H,118,146)(H,133,134)(H,135,136)(H4,99,100,104)(H,119,120,121,122)/t62-,65+,66+,67+,68+,69+,70-,71+,72+,73+,74+,75+/m1/s1. The highest BCUT2D eigenvalue weighted by molar-refractivity contribution is 6.01. The largest absolute Gasteiger partial charge is 0.480 e. The quantitative estimate of drug-likeness (QED) is 0.00985. The van der Waals surface area contributed by atoms with E-state index in [-0.39, 0.29) is 109 Å². The Labute approximate surface area is 860 Å². The number of para-hydroxylation sites is 1. The van der Waals surface area contributed by atoms with Gasteiger partial charge in [0, 0.05) is 107 Å². The van der Waals surface area contributed by atoms with Gasteiger partial charge in [-0.15, -0.1) is 5.10 Å². The highest BCUT2D eigenvalue weighted by Crippen LogP contribution is 2.25. The molecule has 53 heteroatoms. The number of carboxylic acid groups (broad SMARTS) is 2. The van der Waals surface area contributed by atoms with E-state index in [4.69, 9.17) is 32.1 Å². The number of aryl methyl sites for hydroxylation is 1. The number of nitrogens with zero attached hydrogens (tertiary/aromatic N) is 6. The maximum Gasteiger partial charge on any atom is 0.317 e. The van der Waals surface area contributed by atoms with Crippen molar-refractivity contribution in [3.63, 3.8) is 0 Å². The van der Waals surface area contributed by atoms with Crippen LogP contribution in [0.15, 0.2) is 73.3 Å². The number of carboxylic acids is 2. The van der Waals surface area contributed by atoms with Crippen LogP contribution in [0.1, 0.15) is 203 Å². The van der Waals surface area contributed by atoms with E-state index in [0.717, 1.165) is 49.2 Å². The van der Waals surface area contributed by atoms with Crippen LogP contribution in [0.2, 0.25) is 0 Å². The summed E-state index contributed by atoms with van der Waals surface area (Å²) in [7, 11) is 0. The first-order chi connectivity index (χ1) is 71.6. The lowest BCUT2D eigenvalue weighted by Crippen LogP contribution is -2.61. The lowest BCUT2D eigenvalue weighted by Gasteiger charge is -2.31.